The summed E-state index contributed by atoms with van der Waals surface area (Å²) in [5.41, 5.74) is 1.53. The smallest absolute Gasteiger partial charge is 0.358 e. The average molecular weight is 585 g/mol. The van der Waals surface area contributed by atoms with Gasteiger partial charge in [0.05, 0.1) is 14.2 Å². The molecular formula is C30H33F5O4S. The zero-order valence-corrected chi connectivity index (χ0v) is 24.0. The fourth-order valence-electron chi connectivity index (χ4n) is 6.90. The highest BCUT2D eigenvalue weighted by Crippen LogP contribution is 2.62. The van der Waals surface area contributed by atoms with Gasteiger partial charge in [-0.15, -0.1) is 0 Å². The van der Waals surface area contributed by atoms with E-state index in [1.54, 1.807) is 14.2 Å². The number of halogens is 5. The predicted molar refractivity (Wildman–Crippen MR) is 144 cm³/mol. The zero-order valence-electron chi connectivity index (χ0n) is 23.1. The molecule has 0 aromatic heterocycles. The highest BCUT2D eigenvalue weighted by Gasteiger charge is 2.57. The van der Waals surface area contributed by atoms with Gasteiger partial charge >= 0.3 is 5.24 Å². The van der Waals surface area contributed by atoms with Crippen LogP contribution in [0.3, 0.4) is 0 Å². The molecule has 0 unspecified atom stereocenters. The SMILES string of the molecule is C=C1CC[C@H]2C(C)(C)[C@@H](OC(=S)Oc3c(F)c(F)c(F)c(F)c3F)CC[C@]2(C)[C@H]1Cc1cc(OC)ccc1OC. The fourth-order valence-corrected chi connectivity index (χ4v) is 7.10. The van der Waals surface area contributed by atoms with Gasteiger partial charge in [0.15, 0.2) is 0 Å². The Bertz CT molecular complexity index is 1300. The quantitative estimate of drug-likeness (QED) is 0.113. The molecule has 4 atom stereocenters. The van der Waals surface area contributed by atoms with Crippen LogP contribution in [0, 0.1) is 51.8 Å². The molecule has 4 rings (SSSR count). The first kappa shape index (κ1) is 30.1. The second-order valence-electron chi connectivity index (χ2n) is 11.4. The summed E-state index contributed by atoms with van der Waals surface area (Å²) in [6.07, 6.45) is 3.10. The minimum atomic E-state index is -2.28. The van der Waals surface area contributed by atoms with E-state index in [0.29, 0.717) is 12.8 Å². The fraction of sp³-hybridized carbons (Fsp3) is 0.500. The van der Waals surface area contributed by atoms with Gasteiger partial charge in [0.2, 0.25) is 34.8 Å². The van der Waals surface area contributed by atoms with Crippen LogP contribution in [0.1, 0.15) is 52.0 Å². The summed E-state index contributed by atoms with van der Waals surface area (Å²) in [6, 6.07) is 5.72. The summed E-state index contributed by atoms with van der Waals surface area (Å²) in [5.74, 6) is -10.4. The van der Waals surface area contributed by atoms with Gasteiger partial charge in [-0.05, 0) is 73.1 Å². The van der Waals surface area contributed by atoms with Crippen molar-refractivity contribution in [3.05, 3.63) is 65.0 Å². The van der Waals surface area contributed by atoms with Crippen LogP contribution >= 0.6 is 12.2 Å². The highest BCUT2D eigenvalue weighted by molar-refractivity contribution is 7.79. The number of thiocarbonyl (C=S) groups is 1. The van der Waals surface area contributed by atoms with E-state index in [2.05, 4.69) is 13.5 Å². The highest BCUT2D eigenvalue weighted by atomic mass is 32.1. The Hall–Kier alpha value is -2.88. The Kier molecular flexibility index (Phi) is 8.41. The molecule has 2 aromatic carbocycles. The molecule has 2 fully saturated rings. The van der Waals surface area contributed by atoms with Crippen LogP contribution in [0.2, 0.25) is 0 Å². The Balaban J connectivity index is 1.56. The summed E-state index contributed by atoms with van der Waals surface area (Å²) in [7, 11) is 3.25. The predicted octanol–water partition coefficient (Wildman–Crippen LogP) is 8.10. The Labute approximate surface area is 236 Å². The van der Waals surface area contributed by atoms with Crippen molar-refractivity contribution >= 4 is 17.5 Å². The van der Waals surface area contributed by atoms with E-state index < -0.39 is 51.6 Å². The molecule has 2 aliphatic carbocycles. The van der Waals surface area contributed by atoms with E-state index in [1.165, 1.54) is 0 Å². The van der Waals surface area contributed by atoms with Crippen LogP contribution in [0.25, 0.3) is 0 Å². The van der Waals surface area contributed by atoms with Crippen LogP contribution in [0.5, 0.6) is 17.2 Å². The molecule has 0 heterocycles. The van der Waals surface area contributed by atoms with Crippen molar-refractivity contribution in [2.75, 3.05) is 14.2 Å². The summed E-state index contributed by atoms with van der Waals surface area (Å²) in [6.45, 7) is 10.8. The molecule has 0 N–H and O–H groups in total. The monoisotopic (exact) mass is 584 g/mol. The van der Waals surface area contributed by atoms with E-state index in [4.69, 9.17) is 31.2 Å². The van der Waals surface area contributed by atoms with Crippen molar-refractivity contribution in [2.45, 2.75) is 59.0 Å². The molecule has 10 heteroatoms. The van der Waals surface area contributed by atoms with E-state index in [-0.39, 0.29) is 17.3 Å². The normalized spacial score (nSPS) is 25.6. The maximum absolute atomic E-state index is 14.1. The van der Waals surface area contributed by atoms with Crippen LogP contribution < -0.4 is 14.2 Å². The lowest BCUT2D eigenvalue weighted by molar-refractivity contribution is -0.121. The van der Waals surface area contributed by atoms with Gasteiger partial charge in [-0.25, -0.2) is 13.2 Å². The lowest BCUT2D eigenvalue weighted by Crippen LogP contribution is -2.56. The Morgan fingerprint density at radius 1 is 0.950 bits per heavy atom. The minimum Gasteiger partial charge on any atom is -0.497 e. The van der Waals surface area contributed by atoms with E-state index in [1.807, 2.05) is 32.0 Å². The first-order valence-electron chi connectivity index (χ1n) is 13.0. The van der Waals surface area contributed by atoms with Crippen molar-refractivity contribution in [3.8, 4) is 17.2 Å². The molecule has 0 saturated heterocycles. The Morgan fingerprint density at radius 2 is 1.57 bits per heavy atom. The molecular weight excluding hydrogens is 551 g/mol. The van der Waals surface area contributed by atoms with Crippen LogP contribution in [0.4, 0.5) is 22.0 Å². The number of hydrogen-bond donors (Lipinski definition) is 0. The second-order valence-corrected chi connectivity index (χ2v) is 11.7. The number of fused-ring (bicyclic) bond motifs is 1. The summed E-state index contributed by atoms with van der Waals surface area (Å²) in [5, 5.41) is -0.706. The number of hydrogen-bond acceptors (Lipinski definition) is 5. The van der Waals surface area contributed by atoms with Gasteiger partial charge in [0.1, 0.15) is 17.6 Å². The van der Waals surface area contributed by atoms with Crippen molar-refractivity contribution in [2.24, 2.45) is 22.7 Å². The molecule has 2 aliphatic rings. The molecule has 0 amide bonds. The first-order valence-corrected chi connectivity index (χ1v) is 13.5. The van der Waals surface area contributed by atoms with Gasteiger partial charge in [-0.1, -0.05) is 32.9 Å². The van der Waals surface area contributed by atoms with Crippen molar-refractivity contribution in [1.82, 2.24) is 0 Å². The molecule has 0 bridgehead atoms. The molecule has 40 heavy (non-hydrogen) atoms. The average Bonchev–Trinajstić information content (AvgIpc) is 2.92. The summed E-state index contributed by atoms with van der Waals surface area (Å²) >= 11 is 5.06. The maximum Gasteiger partial charge on any atom is 0.358 e. The van der Waals surface area contributed by atoms with Crippen LogP contribution in [-0.4, -0.2) is 25.6 Å². The largest absolute Gasteiger partial charge is 0.497 e. The van der Waals surface area contributed by atoms with Crippen molar-refractivity contribution in [3.63, 3.8) is 0 Å². The van der Waals surface area contributed by atoms with Crippen molar-refractivity contribution in [1.29, 1.82) is 0 Å². The van der Waals surface area contributed by atoms with Crippen LogP contribution in [0.15, 0.2) is 30.4 Å². The van der Waals surface area contributed by atoms with E-state index in [0.717, 1.165) is 41.9 Å². The molecule has 4 nitrogen and oxygen atoms in total. The van der Waals surface area contributed by atoms with Crippen molar-refractivity contribution < 1.29 is 40.9 Å². The molecule has 218 valence electrons. The molecule has 0 radical (unpaired) electrons. The molecule has 2 saturated carbocycles. The third kappa shape index (κ3) is 5.15. The second kappa shape index (κ2) is 11.2. The van der Waals surface area contributed by atoms with Gasteiger partial charge in [-0.3, -0.25) is 0 Å². The molecule has 0 aliphatic heterocycles. The first-order chi connectivity index (χ1) is 18.8. The maximum atomic E-state index is 14.1. The standard InChI is InChI=1S/C30H33F5O4S/c1-15-7-10-20-29(2,3)21(38-28(40)39-27-25(34)23(32)22(31)24(33)26(27)35)11-12-30(20,4)18(15)14-16-13-17(36-5)8-9-19(16)37-6/h8-9,13,18,20-21H,1,7,10-12,14H2,2-6H3/t18-,20-,21-,30+/m0/s1. The van der Waals surface area contributed by atoms with Gasteiger partial charge in [0.25, 0.3) is 0 Å². The van der Waals surface area contributed by atoms with E-state index >= 15 is 0 Å². The molecule has 2 aromatic rings. The number of ether oxygens (including phenoxy) is 4. The lowest BCUT2D eigenvalue weighted by Gasteiger charge is -2.60. The van der Waals surface area contributed by atoms with Gasteiger partial charge < -0.3 is 18.9 Å². The molecule has 0 spiro atoms. The number of methoxy groups -OCH3 is 2. The van der Waals surface area contributed by atoms with Crippen LogP contribution in [-0.2, 0) is 11.2 Å². The van der Waals surface area contributed by atoms with Gasteiger partial charge in [-0.2, -0.15) is 8.78 Å². The number of rotatable bonds is 6. The third-order valence-electron chi connectivity index (χ3n) is 9.02. The summed E-state index contributed by atoms with van der Waals surface area (Å²) < 4.78 is 90.8. The van der Waals surface area contributed by atoms with Gasteiger partial charge in [0, 0.05) is 17.6 Å². The minimum absolute atomic E-state index is 0.129. The number of benzene rings is 2. The topological polar surface area (TPSA) is 36.9 Å². The van der Waals surface area contributed by atoms with E-state index in [9.17, 15) is 22.0 Å². The zero-order chi connectivity index (χ0) is 29.6. The number of allylic oxidation sites excluding steroid dienone is 1. The third-order valence-corrected chi connectivity index (χ3v) is 9.20. The lowest BCUT2D eigenvalue weighted by atomic mass is 9.46. The Morgan fingerprint density at radius 3 is 2.17 bits per heavy atom. The summed E-state index contributed by atoms with van der Waals surface area (Å²) in [4.78, 5) is 0.